The molecule has 0 bridgehead atoms. The summed E-state index contributed by atoms with van der Waals surface area (Å²) in [5, 5.41) is 0.128. The maximum absolute atomic E-state index is 11.9. The van der Waals surface area contributed by atoms with Gasteiger partial charge in [0.25, 0.3) is 10.0 Å². The van der Waals surface area contributed by atoms with Gasteiger partial charge in [-0.15, -0.1) is 6.58 Å². The molecule has 0 aliphatic rings. The largest absolute Gasteiger partial charge is 0.332 e. The van der Waals surface area contributed by atoms with E-state index >= 15 is 0 Å². The van der Waals surface area contributed by atoms with Crippen molar-refractivity contribution in [1.29, 1.82) is 0 Å². The van der Waals surface area contributed by atoms with Gasteiger partial charge in [-0.05, 0) is 0 Å². The number of hydrogen-bond acceptors (Lipinski definition) is 3. The van der Waals surface area contributed by atoms with Crippen LogP contribution in [0.3, 0.4) is 0 Å². The molecule has 0 spiro atoms. The number of likely N-dealkylation sites (N-methyl/N-ethyl adjacent to an activating group) is 1. The second-order valence-electron chi connectivity index (χ2n) is 3.12. The van der Waals surface area contributed by atoms with Gasteiger partial charge in [0.1, 0.15) is 5.82 Å². The molecule has 1 aromatic heterocycles. The highest BCUT2D eigenvalue weighted by molar-refractivity contribution is 7.89. The van der Waals surface area contributed by atoms with Gasteiger partial charge in [-0.1, -0.05) is 13.0 Å². The van der Waals surface area contributed by atoms with E-state index in [0.717, 1.165) is 0 Å². The fourth-order valence-electron chi connectivity index (χ4n) is 1.10. The number of aromatic nitrogens is 2. The van der Waals surface area contributed by atoms with Gasteiger partial charge >= 0.3 is 0 Å². The number of sulfonamides is 1. The van der Waals surface area contributed by atoms with Crippen molar-refractivity contribution in [3.8, 4) is 0 Å². The first-order valence-electron chi connectivity index (χ1n) is 4.63. The lowest BCUT2D eigenvalue weighted by Crippen LogP contribution is -2.27. The minimum Gasteiger partial charge on any atom is -0.332 e. The summed E-state index contributed by atoms with van der Waals surface area (Å²) in [4.78, 5) is 6.72. The smallest absolute Gasteiger partial charge is 0.260 e. The molecule has 0 fully saturated rings. The minimum absolute atomic E-state index is 0.128. The summed E-state index contributed by atoms with van der Waals surface area (Å²) in [7, 11) is -1.94. The Kier molecular flexibility index (Phi) is 3.65. The molecule has 6 heteroatoms. The number of nitrogens with zero attached hydrogens (tertiary/aromatic N) is 2. The van der Waals surface area contributed by atoms with Crippen molar-refractivity contribution in [3.05, 3.63) is 24.7 Å². The zero-order valence-electron chi connectivity index (χ0n) is 8.90. The van der Waals surface area contributed by atoms with Crippen molar-refractivity contribution in [3.63, 3.8) is 0 Å². The fourth-order valence-corrected chi connectivity index (χ4v) is 2.17. The summed E-state index contributed by atoms with van der Waals surface area (Å²) < 4.78 is 24.9. The van der Waals surface area contributed by atoms with Gasteiger partial charge in [0, 0.05) is 20.0 Å². The molecular weight excluding hydrogens is 214 g/mol. The summed E-state index contributed by atoms with van der Waals surface area (Å²) in [5.74, 6) is 0.667. The zero-order chi connectivity index (χ0) is 11.5. The van der Waals surface area contributed by atoms with Gasteiger partial charge in [-0.2, -0.15) is 4.31 Å². The average Bonchev–Trinajstić information content (AvgIpc) is 2.66. The number of hydrogen-bond donors (Lipinski definition) is 1. The molecule has 0 saturated heterocycles. The van der Waals surface area contributed by atoms with Crippen molar-refractivity contribution < 1.29 is 8.42 Å². The number of aromatic amines is 1. The van der Waals surface area contributed by atoms with Crippen LogP contribution in [-0.2, 0) is 16.4 Å². The van der Waals surface area contributed by atoms with E-state index in [9.17, 15) is 8.42 Å². The molecule has 1 N–H and O–H groups in total. The highest BCUT2D eigenvalue weighted by Gasteiger charge is 2.21. The zero-order valence-corrected chi connectivity index (χ0v) is 9.71. The van der Waals surface area contributed by atoms with Crippen LogP contribution in [0.25, 0.3) is 0 Å². The van der Waals surface area contributed by atoms with Crippen LogP contribution in [0.1, 0.15) is 12.7 Å². The Balaban J connectivity index is 3.00. The molecule has 1 heterocycles. The normalized spacial score (nSPS) is 11.9. The quantitative estimate of drug-likeness (QED) is 0.759. The van der Waals surface area contributed by atoms with E-state index < -0.39 is 10.0 Å². The Bertz CT molecular complexity index is 436. The van der Waals surface area contributed by atoms with Crippen LogP contribution in [0.4, 0.5) is 0 Å². The molecule has 0 amide bonds. The Morgan fingerprint density at radius 1 is 1.67 bits per heavy atom. The summed E-state index contributed by atoms with van der Waals surface area (Å²) in [6.07, 6.45) is 3.56. The Hall–Kier alpha value is -1.14. The van der Waals surface area contributed by atoms with Crippen LogP contribution in [0.2, 0.25) is 0 Å². The Morgan fingerprint density at radius 2 is 2.33 bits per heavy atom. The predicted octanol–water partition coefficient (Wildman–Crippen LogP) is 0.779. The van der Waals surface area contributed by atoms with Crippen LogP contribution < -0.4 is 0 Å². The third kappa shape index (κ3) is 2.45. The van der Waals surface area contributed by atoms with Crippen LogP contribution in [0.5, 0.6) is 0 Å². The molecule has 0 unspecified atom stereocenters. The van der Waals surface area contributed by atoms with Gasteiger partial charge in [0.05, 0.1) is 6.20 Å². The van der Waals surface area contributed by atoms with Gasteiger partial charge in [-0.3, -0.25) is 0 Å². The van der Waals surface area contributed by atoms with E-state index in [1.807, 2.05) is 6.92 Å². The standard InChI is InChI=1S/C9H15N3O2S/c1-4-6-12(3)15(13,14)9-7-10-8(5-2)11-9/h4,7H,1,5-6H2,2-3H3,(H,10,11). The summed E-state index contributed by atoms with van der Waals surface area (Å²) in [6.45, 7) is 5.68. The first-order valence-corrected chi connectivity index (χ1v) is 6.07. The predicted molar refractivity (Wildman–Crippen MR) is 58.0 cm³/mol. The van der Waals surface area contributed by atoms with Crippen molar-refractivity contribution in [2.45, 2.75) is 18.4 Å². The summed E-state index contributed by atoms with van der Waals surface area (Å²) in [6, 6.07) is 0. The van der Waals surface area contributed by atoms with E-state index in [4.69, 9.17) is 0 Å². The molecule has 0 radical (unpaired) electrons. The van der Waals surface area contributed by atoms with Gasteiger partial charge in [0.2, 0.25) is 0 Å². The SMILES string of the molecule is C=CCN(C)S(=O)(=O)c1cnc(CC)[nH]1. The van der Waals surface area contributed by atoms with E-state index in [-0.39, 0.29) is 11.6 Å². The molecule has 84 valence electrons. The molecule has 0 atom stereocenters. The lowest BCUT2D eigenvalue weighted by atomic mass is 10.5. The monoisotopic (exact) mass is 229 g/mol. The molecular formula is C9H15N3O2S. The Morgan fingerprint density at radius 3 is 2.80 bits per heavy atom. The van der Waals surface area contributed by atoms with E-state index in [1.165, 1.54) is 23.6 Å². The third-order valence-corrected chi connectivity index (χ3v) is 3.75. The van der Waals surface area contributed by atoms with Crippen molar-refractivity contribution >= 4 is 10.0 Å². The lowest BCUT2D eigenvalue weighted by Gasteiger charge is -2.12. The molecule has 1 aromatic rings. The van der Waals surface area contributed by atoms with Gasteiger partial charge < -0.3 is 4.98 Å². The molecule has 15 heavy (non-hydrogen) atoms. The molecule has 0 aliphatic heterocycles. The van der Waals surface area contributed by atoms with Gasteiger partial charge in [0.15, 0.2) is 5.03 Å². The molecule has 0 aliphatic carbocycles. The summed E-state index contributed by atoms with van der Waals surface area (Å²) >= 11 is 0. The van der Waals surface area contributed by atoms with E-state index in [0.29, 0.717) is 12.2 Å². The van der Waals surface area contributed by atoms with Gasteiger partial charge in [-0.25, -0.2) is 13.4 Å². The van der Waals surface area contributed by atoms with E-state index in [2.05, 4.69) is 16.5 Å². The minimum atomic E-state index is -3.45. The van der Waals surface area contributed by atoms with Crippen molar-refractivity contribution in [2.24, 2.45) is 0 Å². The average molecular weight is 229 g/mol. The summed E-state index contributed by atoms with van der Waals surface area (Å²) in [5.41, 5.74) is 0. The third-order valence-electron chi connectivity index (χ3n) is 2.01. The fraction of sp³-hybridized carbons (Fsp3) is 0.444. The van der Waals surface area contributed by atoms with Crippen molar-refractivity contribution in [2.75, 3.05) is 13.6 Å². The van der Waals surface area contributed by atoms with Crippen LogP contribution in [0, 0.1) is 0 Å². The number of imidazole rings is 1. The molecule has 0 saturated carbocycles. The lowest BCUT2D eigenvalue weighted by molar-refractivity contribution is 0.496. The highest BCUT2D eigenvalue weighted by atomic mass is 32.2. The first kappa shape index (κ1) is 11.9. The molecule has 1 rings (SSSR count). The molecule has 5 nitrogen and oxygen atoms in total. The number of aryl methyl sites for hydroxylation is 1. The van der Waals surface area contributed by atoms with Crippen molar-refractivity contribution in [1.82, 2.24) is 14.3 Å². The maximum atomic E-state index is 11.9. The topological polar surface area (TPSA) is 66.1 Å². The number of H-pyrrole nitrogens is 1. The maximum Gasteiger partial charge on any atom is 0.260 e. The number of nitrogens with one attached hydrogen (secondary N) is 1. The van der Waals surface area contributed by atoms with E-state index in [1.54, 1.807) is 0 Å². The molecule has 0 aromatic carbocycles. The highest BCUT2D eigenvalue weighted by Crippen LogP contribution is 2.11. The number of rotatable bonds is 5. The Labute approximate surface area is 89.9 Å². The van der Waals surface area contributed by atoms with Crippen LogP contribution >= 0.6 is 0 Å². The first-order chi connectivity index (χ1) is 7.02. The van der Waals surface area contributed by atoms with Crippen LogP contribution in [-0.4, -0.2) is 36.3 Å². The second-order valence-corrected chi connectivity index (χ2v) is 5.14. The van der Waals surface area contributed by atoms with Crippen LogP contribution in [0.15, 0.2) is 23.9 Å². The second kappa shape index (κ2) is 4.59.